The van der Waals surface area contributed by atoms with Crippen molar-refractivity contribution in [3.8, 4) is 5.75 Å². The molecule has 0 fully saturated rings. The highest BCUT2D eigenvalue weighted by molar-refractivity contribution is 6.05. The van der Waals surface area contributed by atoms with Crippen molar-refractivity contribution in [3.05, 3.63) is 59.2 Å². The average molecular weight is 428 g/mol. The normalized spacial score (nSPS) is 12.3. The van der Waals surface area contributed by atoms with E-state index in [1.807, 2.05) is 0 Å². The van der Waals surface area contributed by atoms with Gasteiger partial charge in [0.1, 0.15) is 11.3 Å². The molecule has 1 aromatic carbocycles. The largest absolute Gasteiger partial charge is 0.434 e. The van der Waals surface area contributed by atoms with Crippen molar-refractivity contribution in [1.29, 1.82) is 5.41 Å². The quantitative estimate of drug-likeness (QED) is 0.331. The first-order valence-corrected chi connectivity index (χ1v) is 8.76. The van der Waals surface area contributed by atoms with Crippen molar-refractivity contribution in [2.45, 2.75) is 6.61 Å². The fourth-order valence-electron chi connectivity index (χ4n) is 2.76. The first-order chi connectivity index (χ1) is 14.8. The Morgan fingerprint density at radius 2 is 2.16 bits per heavy atom. The molecule has 0 aliphatic heterocycles. The van der Waals surface area contributed by atoms with Crippen LogP contribution in [0.25, 0.3) is 11.3 Å². The maximum Gasteiger partial charge on any atom is 0.387 e. The molecule has 2 aromatic heterocycles. The summed E-state index contributed by atoms with van der Waals surface area (Å²) in [4.78, 5) is 20.8. The van der Waals surface area contributed by atoms with E-state index < -0.39 is 12.5 Å². The second kappa shape index (κ2) is 8.98. The summed E-state index contributed by atoms with van der Waals surface area (Å²) in [5, 5.41) is 14.1. The Hall–Kier alpha value is -4.35. The predicted molar refractivity (Wildman–Crippen MR) is 111 cm³/mol. The van der Waals surface area contributed by atoms with E-state index in [1.165, 1.54) is 36.2 Å². The van der Waals surface area contributed by atoms with Gasteiger partial charge in [0.25, 0.3) is 5.91 Å². The molecule has 1 amide bonds. The highest BCUT2D eigenvalue weighted by Gasteiger charge is 2.20. The van der Waals surface area contributed by atoms with Gasteiger partial charge in [-0.2, -0.15) is 13.9 Å². The minimum Gasteiger partial charge on any atom is -0.434 e. The van der Waals surface area contributed by atoms with E-state index in [0.717, 1.165) is 12.3 Å². The van der Waals surface area contributed by atoms with Gasteiger partial charge < -0.3 is 26.9 Å². The number of halogens is 2. The van der Waals surface area contributed by atoms with Gasteiger partial charge >= 0.3 is 6.61 Å². The number of benzene rings is 1. The predicted octanol–water partition coefficient (Wildman–Crippen LogP) is 1.67. The highest BCUT2D eigenvalue weighted by atomic mass is 19.3. The number of alkyl halides is 2. The maximum absolute atomic E-state index is 12.9. The summed E-state index contributed by atoms with van der Waals surface area (Å²) in [7, 11) is 1.44. The monoisotopic (exact) mass is 428 g/mol. The summed E-state index contributed by atoms with van der Waals surface area (Å²) in [6.07, 6.45) is 6.65. The van der Waals surface area contributed by atoms with Crippen LogP contribution < -0.4 is 21.5 Å². The van der Waals surface area contributed by atoms with E-state index in [2.05, 4.69) is 25.1 Å². The Balaban J connectivity index is 2.07. The standard InChI is InChI=1S/C19H18F2N8O2/c1-25-9-14(28-18(30)12-8-27-29-4-2-3-26-17(12)29)16(24)11-5-10(7-22)13(23)6-15(11)31-19(20)21/h2-9,19,22H,23-24H2,1H3,(H,28,30). The van der Waals surface area contributed by atoms with Crippen LogP contribution in [0.15, 0.2) is 47.5 Å². The van der Waals surface area contributed by atoms with Crippen LogP contribution in [0.4, 0.5) is 14.5 Å². The Morgan fingerprint density at radius 3 is 2.84 bits per heavy atom. The van der Waals surface area contributed by atoms with Gasteiger partial charge in [0.15, 0.2) is 5.65 Å². The van der Waals surface area contributed by atoms with E-state index >= 15 is 0 Å². The number of aromatic nitrogens is 3. The first-order valence-electron chi connectivity index (χ1n) is 8.76. The zero-order valence-corrected chi connectivity index (χ0v) is 16.2. The molecule has 12 heteroatoms. The van der Waals surface area contributed by atoms with Crippen molar-refractivity contribution in [2.75, 3.05) is 12.8 Å². The molecule has 0 saturated heterocycles. The molecule has 0 unspecified atom stereocenters. The van der Waals surface area contributed by atoms with E-state index in [-0.39, 0.29) is 39.5 Å². The van der Waals surface area contributed by atoms with Crippen LogP contribution in [0.1, 0.15) is 21.5 Å². The minimum atomic E-state index is -3.14. The lowest BCUT2D eigenvalue weighted by Gasteiger charge is -2.16. The summed E-state index contributed by atoms with van der Waals surface area (Å²) in [5.41, 5.74) is 12.6. The molecular formula is C19H18F2N8O2. The maximum atomic E-state index is 12.9. The number of fused-ring (bicyclic) bond motifs is 1. The van der Waals surface area contributed by atoms with Crippen LogP contribution in [0, 0.1) is 5.41 Å². The molecule has 6 N–H and O–H groups in total. The SMILES string of the molecule is CN=CC(NC(=O)c1cnn2cccnc12)=C(N)c1cc(C=N)c(N)cc1OC(F)F. The number of carbonyl (C=O) groups is 1. The summed E-state index contributed by atoms with van der Waals surface area (Å²) in [5.74, 6) is -0.907. The molecule has 31 heavy (non-hydrogen) atoms. The lowest BCUT2D eigenvalue weighted by Crippen LogP contribution is -2.26. The zero-order chi connectivity index (χ0) is 22.5. The third kappa shape index (κ3) is 4.47. The number of anilines is 1. The van der Waals surface area contributed by atoms with E-state index in [1.54, 1.807) is 12.3 Å². The second-order valence-electron chi connectivity index (χ2n) is 6.12. The number of amides is 1. The van der Waals surface area contributed by atoms with Crippen LogP contribution in [0.5, 0.6) is 5.75 Å². The minimum absolute atomic E-state index is 0.00110. The number of nitrogens with one attached hydrogen (secondary N) is 2. The van der Waals surface area contributed by atoms with Crippen molar-refractivity contribution >= 4 is 35.4 Å². The summed E-state index contributed by atoms with van der Waals surface area (Å²) in [6, 6.07) is 4.09. The Kier molecular flexibility index (Phi) is 6.19. The Morgan fingerprint density at radius 1 is 1.39 bits per heavy atom. The van der Waals surface area contributed by atoms with Crippen LogP contribution in [-0.4, -0.2) is 46.6 Å². The van der Waals surface area contributed by atoms with Crippen molar-refractivity contribution in [2.24, 2.45) is 10.7 Å². The van der Waals surface area contributed by atoms with E-state index in [4.69, 9.17) is 16.9 Å². The molecule has 0 radical (unpaired) electrons. The number of carbonyl (C=O) groups excluding carboxylic acids is 1. The lowest BCUT2D eigenvalue weighted by atomic mass is 10.0. The smallest absolute Gasteiger partial charge is 0.387 e. The number of hydrogen-bond donors (Lipinski definition) is 4. The van der Waals surface area contributed by atoms with Gasteiger partial charge in [0.2, 0.25) is 0 Å². The molecule has 160 valence electrons. The van der Waals surface area contributed by atoms with Gasteiger partial charge in [0.05, 0.1) is 17.6 Å². The van der Waals surface area contributed by atoms with Gasteiger partial charge in [-0.3, -0.25) is 9.79 Å². The number of hydrogen-bond acceptors (Lipinski definition) is 8. The van der Waals surface area contributed by atoms with Crippen molar-refractivity contribution in [3.63, 3.8) is 0 Å². The van der Waals surface area contributed by atoms with Gasteiger partial charge in [-0.05, 0) is 12.1 Å². The Bertz CT molecular complexity index is 1200. The fraction of sp³-hybridized carbons (Fsp3) is 0.105. The number of ether oxygens (including phenoxy) is 1. The number of nitrogens with zero attached hydrogens (tertiary/aromatic N) is 4. The third-order valence-corrected chi connectivity index (χ3v) is 4.17. The van der Waals surface area contributed by atoms with Gasteiger partial charge in [-0.25, -0.2) is 9.50 Å². The highest BCUT2D eigenvalue weighted by Crippen LogP contribution is 2.30. The molecule has 0 aliphatic rings. The van der Waals surface area contributed by atoms with E-state index in [0.29, 0.717) is 5.65 Å². The van der Waals surface area contributed by atoms with E-state index in [9.17, 15) is 13.6 Å². The molecule has 3 rings (SSSR count). The van der Waals surface area contributed by atoms with Crippen LogP contribution in [0.3, 0.4) is 0 Å². The fourth-order valence-corrected chi connectivity index (χ4v) is 2.76. The molecule has 0 atom stereocenters. The van der Waals surface area contributed by atoms with Crippen LogP contribution >= 0.6 is 0 Å². The second-order valence-corrected chi connectivity index (χ2v) is 6.12. The average Bonchev–Trinajstić information content (AvgIpc) is 3.17. The molecule has 3 aromatic rings. The molecule has 10 nitrogen and oxygen atoms in total. The summed E-state index contributed by atoms with van der Waals surface area (Å²) in [6.45, 7) is -3.14. The number of allylic oxidation sites excluding steroid dienone is 1. The van der Waals surface area contributed by atoms with Gasteiger partial charge in [0, 0.05) is 54.8 Å². The number of aliphatic imine (C=N–C) groups is 1. The molecule has 0 saturated carbocycles. The molecule has 0 spiro atoms. The Labute approximate surface area is 174 Å². The number of nitrogen functional groups attached to an aromatic ring is 1. The molecule has 2 heterocycles. The molecule has 0 aliphatic carbocycles. The molecule has 0 bridgehead atoms. The third-order valence-electron chi connectivity index (χ3n) is 4.17. The zero-order valence-electron chi connectivity index (χ0n) is 16.2. The van der Waals surface area contributed by atoms with Gasteiger partial charge in [-0.1, -0.05) is 0 Å². The summed E-state index contributed by atoms with van der Waals surface area (Å²) >= 11 is 0. The van der Waals surface area contributed by atoms with Crippen molar-refractivity contribution in [1.82, 2.24) is 19.9 Å². The van der Waals surface area contributed by atoms with Crippen LogP contribution in [0.2, 0.25) is 0 Å². The summed E-state index contributed by atoms with van der Waals surface area (Å²) < 4.78 is 31.7. The van der Waals surface area contributed by atoms with Crippen molar-refractivity contribution < 1.29 is 18.3 Å². The number of rotatable bonds is 7. The van der Waals surface area contributed by atoms with Crippen LogP contribution in [-0.2, 0) is 0 Å². The van der Waals surface area contributed by atoms with Gasteiger partial charge in [-0.15, -0.1) is 0 Å². The first kappa shape index (κ1) is 21.4. The molecular weight excluding hydrogens is 410 g/mol. The lowest BCUT2D eigenvalue weighted by molar-refractivity contribution is -0.0499. The number of nitrogens with two attached hydrogens (primary N) is 2. The topological polar surface area (TPSA) is 157 Å².